The average Bonchev–Trinajstić information content (AvgIpc) is 3.08. The predicted octanol–water partition coefficient (Wildman–Crippen LogP) is 1.16. The Morgan fingerprint density at radius 3 is 2.96 bits per heavy atom. The van der Waals surface area contributed by atoms with Crippen molar-refractivity contribution in [1.29, 1.82) is 0 Å². The summed E-state index contributed by atoms with van der Waals surface area (Å²) in [6.07, 6.45) is 0. The molecule has 7 heteroatoms. The molecule has 124 valence electrons. The molecule has 4 rings (SSSR count). The van der Waals surface area contributed by atoms with Crippen molar-refractivity contribution in [3.63, 3.8) is 0 Å². The largest absolute Gasteiger partial charge is 0.334 e. The first kappa shape index (κ1) is 15.0. The molecule has 1 atom stereocenters. The van der Waals surface area contributed by atoms with Gasteiger partial charge in [0.1, 0.15) is 0 Å². The number of piperazine rings is 1. The highest BCUT2D eigenvalue weighted by Gasteiger charge is 2.26. The molecule has 1 fully saturated rings. The predicted molar refractivity (Wildman–Crippen MR) is 90.7 cm³/mol. The van der Waals surface area contributed by atoms with E-state index in [1.165, 1.54) is 0 Å². The minimum Gasteiger partial charge on any atom is -0.334 e. The smallest absolute Gasteiger partial charge is 0.258 e. The van der Waals surface area contributed by atoms with Gasteiger partial charge in [0.05, 0.1) is 17.1 Å². The van der Waals surface area contributed by atoms with Crippen molar-refractivity contribution in [2.24, 2.45) is 7.05 Å². The Bertz CT molecular complexity index is 946. The van der Waals surface area contributed by atoms with Crippen LogP contribution in [0.3, 0.4) is 0 Å². The van der Waals surface area contributed by atoms with Crippen molar-refractivity contribution < 1.29 is 4.52 Å². The summed E-state index contributed by atoms with van der Waals surface area (Å²) >= 11 is 0. The lowest BCUT2D eigenvalue weighted by molar-refractivity contribution is 0.190. The van der Waals surface area contributed by atoms with Crippen LogP contribution in [0.15, 0.2) is 39.6 Å². The molecule has 1 unspecified atom stereocenters. The zero-order valence-corrected chi connectivity index (χ0v) is 13.7. The molecule has 1 aromatic carbocycles. The third-order valence-electron chi connectivity index (χ3n) is 4.64. The van der Waals surface area contributed by atoms with E-state index in [-0.39, 0.29) is 11.6 Å². The van der Waals surface area contributed by atoms with Gasteiger partial charge in [-0.15, -0.1) is 0 Å². The molecule has 24 heavy (non-hydrogen) atoms. The molecule has 0 amide bonds. The summed E-state index contributed by atoms with van der Waals surface area (Å²) in [4.78, 5) is 19.0. The number of likely N-dealkylation sites (N-methyl/N-ethyl adjacent to an activating group) is 1. The number of aryl methyl sites for hydroxylation is 1. The van der Waals surface area contributed by atoms with E-state index >= 15 is 0 Å². The van der Waals surface area contributed by atoms with Crippen LogP contribution in [0.4, 0.5) is 0 Å². The van der Waals surface area contributed by atoms with Crippen LogP contribution in [0.2, 0.25) is 0 Å². The summed E-state index contributed by atoms with van der Waals surface area (Å²) in [6, 6.07) is 9.36. The third kappa shape index (κ3) is 2.42. The Balaban J connectivity index is 1.82. The van der Waals surface area contributed by atoms with Gasteiger partial charge >= 0.3 is 0 Å². The number of nitrogens with one attached hydrogen (secondary N) is 1. The van der Waals surface area contributed by atoms with Crippen molar-refractivity contribution >= 4 is 10.9 Å². The van der Waals surface area contributed by atoms with Crippen molar-refractivity contribution in [3.05, 3.63) is 46.5 Å². The van der Waals surface area contributed by atoms with Crippen LogP contribution in [0, 0.1) is 0 Å². The molecule has 0 spiro atoms. The Morgan fingerprint density at radius 1 is 1.29 bits per heavy atom. The normalized spacial score (nSPS) is 19.0. The third-order valence-corrected chi connectivity index (χ3v) is 4.64. The number of fused-ring (bicyclic) bond motifs is 1. The van der Waals surface area contributed by atoms with Gasteiger partial charge in [-0.3, -0.25) is 9.69 Å². The van der Waals surface area contributed by atoms with Gasteiger partial charge in [0.2, 0.25) is 0 Å². The lowest BCUT2D eigenvalue weighted by atomic mass is 10.1. The summed E-state index contributed by atoms with van der Waals surface area (Å²) in [5, 5.41) is 8.41. The summed E-state index contributed by atoms with van der Waals surface area (Å²) in [5.74, 6) is 1.03. The fourth-order valence-corrected chi connectivity index (χ4v) is 3.16. The first-order valence-electron chi connectivity index (χ1n) is 7.99. The molecular weight excluding hydrogens is 306 g/mol. The van der Waals surface area contributed by atoms with Crippen LogP contribution in [0.5, 0.6) is 0 Å². The maximum absolute atomic E-state index is 12.2. The van der Waals surface area contributed by atoms with Crippen LogP contribution in [0.1, 0.15) is 11.9 Å². The van der Waals surface area contributed by atoms with E-state index in [1.54, 1.807) is 17.7 Å². The van der Waals surface area contributed by atoms with Gasteiger partial charge in [-0.25, -0.2) is 0 Å². The van der Waals surface area contributed by atoms with Gasteiger partial charge in [-0.05, 0) is 13.1 Å². The van der Waals surface area contributed by atoms with E-state index in [9.17, 15) is 4.79 Å². The fourth-order valence-electron chi connectivity index (χ4n) is 3.16. The minimum absolute atomic E-state index is 0.0778. The van der Waals surface area contributed by atoms with Gasteiger partial charge in [0.15, 0.2) is 5.82 Å². The Labute approximate surface area is 138 Å². The Kier molecular flexibility index (Phi) is 3.66. The SMILES string of the molecule is CN1CCNCC1c1noc(-c2cc(=O)n(C)c3ccccc23)n1. The molecule has 1 saturated heterocycles. The average molecular weight is 325 g/mol. The van der Waals surface area contributed by atoms with Crippen molar-refractivity contribution in [1.82, 2.24) is 24.9 Å². The number of benzene rings is 1. The van der Waals surface area contributed by atoms with Crippen molar-refractivity contribution in [2.75, 3.05) is 26.7 Å². The van der Waals surface area contributed by atoms with Gasteiger partial charge < -0.3 is 14.4 Å². The molecule has 0 bridgehead atoms. The summed E-state index contributed by atoms with van der Waals surface area (Å²) in [6.45, 7) is 2.67. The van der Waals surface area contributed by atoms with Gasteiger partial charge in [0, 0.05) is 38.1 Å². The van der Waals surface area contributed by atoms with E-state index in [0.717, 1.165) is 30.5 Å². The minimum atomic E-state index is -0.0973. The first-order chi connectivity index (χ1) is 11.6. The number of nitrogens with zero attached hydrogens (tertiary/aromatic N) is 4. The van der Waals surface area contributed by atoms with Crippen molar-refractivity contribution in [3.8, 4) is 11.5 Å². The number of aromatic nitrogens is 3. The molecule has 1 N–H and O–H groups in total. The topological polar surface area (TPSA) is 76.2 Å². The highest BCUT2D eigenvalue weighted by molar-refractivity contribution is 5.92. The quantitative estimate of drug-likeness (QED) is 0.762. The fraction of sp³-hybridized carbons (Fsp3) is 0.353. The first-order valence-corrected chi connectivity index (χ1v) is 7.99. The lowest BCUT2D eigenvalue weighted by Gasteiger charge is -2.30. The molecule has 3 aromatic rings. The summed E-state index contributed by atoms with van der Waals surface area (Å²) < 4.78 is 7.11. The maximum atomic E-state index is 12.2. The number of hydrogen-bond donors (Lipinski definition) is 1. The molecule has 0 saturated carbocycles. The highest BCUT2D eigenvalue weighted by Crippen LogP contribution is 2.27. The molecule has 3 heterocycles. The second-order valence-electron chi connectivity index (χ2n) is 6.13. The van der Waals surface area contributed by atoms with E-state index in [0.29, 0.717) is 17.3 Å². The Hall–Kier alpha value is -2.51. The zero-order valence-electron chi connectivity index (χ0n) is 13.7. The molecular formula is C17H19N5O2. The monoisotopic (exact) mass is 325 g/mol. The number of rotatable bonds is 2. The van der Waals surface area contributed by atoms with E-state index in [4.69, 9.17) is 4.52 Å². The van der Waals surface area contributed by atoms with Crippen LogP contribution in [-0.4, -0.2) is 46.3 Å². The van der Waals surface area contributed by atoms with Gasteiger partial charge in [0.25, 0.3) is 11.4 Å². The van der Waals surface area contributed by atoms with Crippen LogP contribution < -0.4 is 10.9 Å². The molecule has 2 aromatic heterocycles. The number of hydrogen-bond acceptors (Lipinski definition) is 6. The van der Waals surface area contributed by atoms with Crippen LogP contribution >= 0.6 is 0 Å². The maximum Gasteiger partial charge on any atom is 0.258 e. The number of pyridine rings is 1. The van der Waals surface area contributed by atoms with Crippen molar-refractivity contribution in [2.45, 2.75) is 6.04 Å². The number of para-hydroxylation sites is 1. The van der Waals surface area contributed by atoms with E-state index < -0.39 is 0 Å². The molecule has 7 nitrogen and oxygen atoms in total. The van der Waals surface area contributed by atoms with Gasteiger partial charge in [-0.2, -0.15) is 4.98 Å². The summed E-state index contributed by atoms with van der Waals surface area (Å²) in [5.41, 5.74) is 1.43. The lowest BCUT2D eigenvalue weighted by Crippen LogP contribution is -2.44. The second-order valence-corrected chi connectivity index (χ2v) is 6.13. The van der Waals surface area contributed by atoms with Crippen LogP contribution in [-0.2, 0) is 7.05 Å². The van der Waals surface area contributed by atoms with E-state index in [1.807, 2.05) is 24.3 Å². The second kappa shape index (κ2) is 5.85. The molecule has 0 aliphatic carbocycles. The molecule has 0 radical (unpaired) electrons. The highest BCUT2D eigenvalue weighted by atomic mass is 16.5. The molecule has 1 aliphatic rings. The van der Waals surface area contributed by atoms with Gasteiger partial charge in [-0.1, -0.05) is 23.4 Å². The summed E-state index contributed by atoms with van der Waals surface area (Å²) in [7, 11) is 3.81. The zero-order chi connectivity index (χ0) is 16.7. The van der Waals surface area contributed by atoms with Crippen LogP contribution in [0.25, 0.3) is 22.4 Å². The standard InChI is InChI=1S/C17H19N5O2/c1-21-8-7-18-10-14(21)16-19-17(24-20-16)12-9-15(23)22(2)13-6-4-3-5-11(12)13/h3-6,9,14,18H,7-8,10H2,1-2H3. The van der Waals surface area contributed by atoms with E-state index in [2.05, 4.69) is 27.4 Å². The Morgan fingerprint density at radius 2 is 2.12 bits per heavy atom. The molecule has 1 aliphatic heterocycles.